The van der Waals surface area contributed by atoms with Crippen molar-refractivity contribution < 1.29 is 19.4 Å². The number of aromatic amines is 2. The molecule has 2 saturated heterocycles. The van der Waals surface area contributed by atoms with E-state index in [0.29, 0.717) is 40.3 Å². The highest BCUT2D eigenvalue weighted by molar-refractivity contribution is 6.34. The molecule has 526 valence electrons. The Balaban J connectivity index is 0.000000147. The van der Waals surface area contributed by atoms with E-state index >= 15 is 0 Å². The third-order valence-corrected chi connectivity index (χ3v) is 18.4. The van der Waals surface area contributed by atoms with Crippen molar-refractivity contribution in [3.05, 3.63) is 270 Å². The Morgan fingerprint density at radius 3 is 1.41 bits per heavy atom. The number of nitrogens with zero attached hydrogens (tertiary/aromatic N) is 14. The third-order valence-electron chi connectivity index (χ3n) is 17.1. The number of ketones is 1. The van der Waals surface area contributed by atoms with Gasteiger partial charge in [0.2, 0.25) is 11.3 Å². The summed E-state index contributed by atoms with van der Waals surface area (Å²) in [5.41, 5.74) is 17.0. The number of H-pyrrole nitrogens is 2. The van der Waals surface area contributed by atoms with Crippen LogP contribution in [-0.2, 0) is 37.0 Å². The monoisotopic (exact) mass is 1490 g/mol. The molecule has 2 fully saturated rings. The molecular weight excluding hydrogens is 1420 g/mol. The lowest BCUT2D eigenvalue weighted by Gasteiger charge is -2.39. The molecular formula is C74H74Cl6N18O4. The van der Waals surface area contributed by atoms with Crippen molar-refractivity contribution >= 4 is 115 Å². The number of carbonyl (C=O) groups is 2. The van der Waals surface area contributed by atoms with Gasteiger partial charge in [-0.2, -0.15) is 10.2 Å². The molecule has 0 bridgehead atoms. The minimum atomic E-state index is -0.783. The quantitative estimate of drug-likeness (QED) is 0.0529. The van der Waals surface area contributed by atoms with Crippen LogP contribution in [0.25, 0.3) is 22.3 Å². The van der Waals surface area contributed by atoms with Gasteiger partial charge in [0, 0.05) is 58.4 Å². The number of rotatable bonds is 17. The number of Topliss-reactive ketones (excluding diaryl/α,β-unsaturated/α-hetero) is 1. The summed E-state index contributed by atoms with van der Waals surface area (Å²) in [4.78, 5) is 70.2. The number of anilines is 2. The van der Waals surface area contributed by atoms with Crippen molar-refractivity contribution in [1.29, 1.82) is 0 Å². The molecule has 22 nitrogen and oxygen atoms in total. The first-order chi connectivity index (χ1) is 49.4. The maximum absolute atomic E-state index is 12.2. The molecule has 2 aliphatic heterocycles. The number of hydrogen-bond donors (Lipinski definition) is 5. The second kappa shape index (κ2) is 37.0. The summed E-state index contributed by atoms with van der Waals surface area (Å²) in [6.45, 7) is 9.71. The zero-order valence-electron chi connectivity index (χ0n) is 55.9. The standard InChI is InChI=1S/C27H30N6O2.C19H24N6.C12H10Cl2N2O.C12H8Cl2N2O.C4H2Cl2N2/c1-27(19-29-26(34)35-18-21-10-6-3-7-11-21)12-14-33(15-13-27)23-17-28-24-22(31-32-25(24)30-23)16-20-8-4-2-5-9-20;1-19(13-20)7-9-25(10-8-19)16-12-21-17-15(23-24-18(17)22-16)11-14-5-3-2-4-6-14;2*13-10-7-15-11(12(14)16-10)9(17)6-8-4-2-1-3-5-8;5-3-1-7-2-4(6)8-3/h2-11,17H,12-16,18-19H2,1H3,(H,29,34)(H,30,31,32);2-6,12H,7-11,13,20H2,1H3,(H,22,23,24);1-5,7,9,17H,6H2;1-5,7H,6H2;1-2H. The van der Waals surface area contributed by atoms with E-state index in [4.69, 9.17) is 90.0 Å². The molecule has 6 N–H and O–H groups in total. The smallest absolute Gasteiger partial charge is 0.407 e. The number of alkyl carbamates (subject to hydrolysis) is 1. The molecule has 9 heterocycles. The minimum absolute atomic E-state index is 0.00891. The van der Waals surface area contributed by atoms with E-state index in [2.05, 4.69) is 113 Å². The topological polar surface area (TPSA) is 294 Å². The van der Waals surface area contributed by atoms with Crippen LogP contribution in [-0.4, -0.2) is 126 Å². The van der Waals surface area contributed by atoms with Gasteiger partial charge >= 0.3 is 6.09 Å². The first-order valence-corrected chi connectivity index (χ1v) is 35.0. The van der Waals surface area contributed by atoms with E-state index in [0.717, 1.165) is 122 Å². The van der Waals surface area contributed by atoms with E-state index in [1.54, 1.807) is 0 Å². The summed E-state index contributed by atoms with van der Waals surface area (Å²) in [5, 5.41) is 29.1. The molecule has 28 heteroatoms. The average Bonchev–Trinajstić information content (AvgIpc) is 1.61. The van der Waals surface area contributed by atoms with Gasteiger partial charge in [0.05, 0.1) is 48.6 Å². The number of ether oxygens (including phenoxy) is 1. The van der Waals surface area contributed by atoms with Gasteiger partial charge in [0.15, 0.2) is 16.1 Å². The molecule has 14 rings (SSSR count). The number of aliphatic hydroxyl groups is 1. The second-order valence-electron chi connectivity index (χ2n) is 24.9. The minimum Gasteiger partial charge on any atom is -0.445 e. The van der Waals surface area contributed by atoms with Gasteiger partial charge in [0.25, 0.3) is 0 Å². The largest absolute Gasteiger partial charge is 0.445 e. The molecule has 1 atom stereocenters. The zero-order valence-corrected chi connectivity index (χ0v) is 60.4. The molecule has 102 heavy (non-hydrogen) atoms. The molecule has 0 saturated carbocycles. The molecule has 5 aromatic carbocycles. The van der Waals surface area contributed by atoms with Gasteiger partial charge in [-0.15, -0.1) is 0 Å². The summed E-state index contributed by atoms with van der Waals surface area (Å²) in [6.07, 6.45) is 14.3. The maximum Gasteiger partial charge on any atom is 0.407 e. The lowest BCUT2D eigenvalue weighted by atomic mass is 9.80. The highest BCUT2D eigenvalue weighted by Gasteiger charge is 2.32. The number of aliphatic hydroxyl groups excluding tert-OH is 1. The maximum atomic E-state index is 12.2. The molecule has 0 aliphatic carbocycles. The molecule has 1 amide bonds. The van der Waals surface area contributed by atoms with Crippen LogP contribution in [0.5, 0.6) is 0 Å². The Hall–Kier alpha value is -9.36. The van der Waals surface area contributed by atoms with Crippen LogP contribution in [0.3, 0.4) is 0 Å². The van der Waals surface area contributed by atoms with Crippen LogP contribution >= 0.6 is 69.6 Å². The summed E-state index contributed by atoms with van der Waals surface area (Å²) < 4.78 is 5.35. The van der Waals surface area contributed by atoms with Gasteiger partial charge in [-0.3, -0.25) is 25.0 Å². The van der Waals surface area contributed by atoms with Crippen LogP contribution in [0.15, 0.2) is 189 Å². The third kappa shape index (κ3) is 22.3. The SMILES string of the molecule is CC1(CN)CCN(c2cnc3c(Cc4ccccc4)[nH]nc3n2)CC1.CC1(CNC(=O)OCc2ccccc2)CCN(c2cnc3c(Cc4ccccc4)[nH]nc3n2)CC1.Clc1cncc(Cl)n1.O=C(Cc1ccccc1)c1ncc(Cl)nc1Cl.OC(Cc1ccccc1)c1ncc(Cl)nc1Cl. The van der Waals surface area contributed by atoms with E-state index in [1.807, 2.05) is 140 Å². The molecule has 0 radical (unpaired) electrons. The Bertz CT molecular complexity index is 4620. The summed E-state index contributed by atoms with van der Waals surface area (Å²) in [5.74, 6) is 1.57. The van der Waals surface area contributed by atoms with Crippen LogP contribution in [0.2, 0.25) is 30.9 Å². The van der Waals surface area contributed by atoms with Crippen molar-refractivity contribution in [1.82, 2.24) is 75.6 Å². The van der Waals surface area contributed by atoms with Gasteiger partial charge < -0.3 is 30.7 Å². The first kappa shape index (κ1) is 75.3. The number of hydrogen-bond acceptors (Lipinski definition) is 19. The fourth-order valence-electron chi connectivity index (χ4n) is 11.0. The van der Waals surface area contributed by atoms with Crippen LogP contribution in [0.1, 0.15) is 101 Å². The fraction of sp³-hybridized carbons (Fsp3) is 0.270. The number of amides is 1. The second-order valence-corrected chi connectivity index (χ2v) is 27.2. The van der Waals surface area contributed by atoms with E-state index in [-0.39, 0.29) is 62.0 Å². The average molecular weight is 1490 g/mol. The summed E-state index contributed by atoms with van der Waals surface area (Å²) >= 11 is 33.7. The molecule has 7 aromatic heterocycles. The highest BCUT2D eigenvalue weighted by Crippen LogP contribution is 2.34. The predicted octanol–water partition coefficient (Wildman–Crippen LogP) is 15.0. The molecule has 2 aliphatic rings. The Morgan fingerprint density at radius 1 is 0.529 bits per heavy atom. The van der Waals surface area contributed by atoms with Crippen LogP contribution < -0.4 is 20.9 Å². The van der Waals surface area contributed by atoms with Gasteiger partial charge in [-0.05, 0) is 70.9 Å². The van der Waals surface area contributed by atoms with Crippen molar-refractivity contribution in [2.75, 3.05) is 49.1 Å². The lowest BCUT2D eigenvalue weighted by molar-refractivity contribution is 0.0987. The molecule has 1 unspecified atom stereocenters. The first-order valence-electron chi connectivity index (χ1n) is 32.8. The van der Waals surface area contributed by atoms with E-state index < -0.39 is 6.10 Å². The van der Waals surface area contributed by atoms with Crippen molar-refractivity contribution in [2.45, 2.75) is 77.9 Å². The van der Waals surface area contributed by atoms with E-state index in [1.165, 1.54) is 35.9 Å². The molecule has 0 spiro atoms. The Kier molecular flexibility index (Phi) is 27.3. The zero-order chi connectivity index (χ0) is 71.9. The highest BCUT2D eigenvalue weighted by atomic mass is 35.5. The van der Waals surface area contributed by atoms with Crippen LogP contribution in [0.4, 0.5) is 16.4 Å². The van der Waals surface area contributed by atoms with Crippen molar-refractivity contribution in [2.24, 2.45) is 16.6 Å². The normalized spacial score (nSPS) is 13.9. The van der Waals surface area contributed by atoms with Crippen molar-refractivity contribution in [3.63, 3.8) is 0 Å². The van der Waals surface area contributed by atoms with E-state index in [9.17, 15) is 14.7 Å². The van der Waals surface area contributed by atoms with Gasteiger partial charge in [-0.25, -0.2) is 44.7 Å². The number of nitrogens with two attached hydrogens (primary N) is 1. The number of aromatic nitrogens is 14. The Morgan fingerprint density at radius 2 is 0.961 bits per heavy atom. The summed E-state index contributed by atoms with van der Waals surface area (Å²) in [6, 6.07) is 49.3. The number of benzene rings is 5. The number of halogens is 6. The van der Waals surface area contributed by atoms with Crippen LogP contribution in [0, 0.1) is 10.8 Å². The van der Waals surface area contributed by atoms with Gasteiger partial charge in [0.1, 0.15) is 67.4 Å². The fourth-order valence-corrected chi connectivity index (χ4v) is 12.2. The lowest BCUT2D eigenvalue weighted by Crippen LogP contribution is -2.45. The predicted molar refractivity (Wildman–Crippen MR) is 400 cm³/mol. The van der Waals surface area contributed by atoms with Crippen molar-refractivity contribution in [3.8, 4) is 0 Å². The molecule has 12 aromatic rings. The Labute approximate surface area is 620 Å². The number of piperidine rings is 2. The number of fused-ring (bicyclic) bond motifs is 2. The number of carbonyl (C=O) groups excluding carboxylic acids is 2. The van der Waals surface area contributed by atoms with Gasteiger partial charge in [-0.1, -0.05) is 235 Å². The summed E-state index contributed by atoms with van der Waals surface area (Å²) in [7, 11) is 0. The number of nitrogens with one attached hydrogen (secondary N) is 3.